The van der Waals surface area contributed by atoms with Gasteiger partial charge in [0, 0.05) is 1.43 Å². The Bertz CT molecular complexity index is 60.0. The van der Waals surface area contributed by atoms with Crippen LogP contribution in [-0.2, 0) is 0 Å². The van der Waals surface area contributed by atoms with E-state index in [-0.39, 0.29) is 1.43 Å². The molecule has 0 aliphatic carbocycles. The minimum atomic E-state index is 0. The first-order valence-corrected chi connectivity index (χ1v) is 5.16. The predicted octanol–water partition coefficient (Wildman–Crippen LogP) is 4.74. The molecule has 0 rings (SSSR count). The van der Waals surface area contributed by atoms with Gasteiger partial charge in [0.15, 0.2) is 0 Å². The second-order valence-electron chi connectivity index (χ2n) is 3.52. The van der Waals surface area contributed by atoms with Crippen LogP contribution in [0.15, 0.2) is 0 Å². The first-order valence-electron chi connectivity index (χ1n) is 5.16. The lowest BCUT2D eigenvalue weighted by Gasteiger charge is -2.11. The molecule has 11 heavy (non-hydrogen) atoms. The smallest absolute Gasteiger partial charge is 0 e. The van der Waals surface area contributed by atoms with Crippen molar-refractivity contribution in [3.63, 3.8) is 0 Å². The van der Waals surface area contributed by atoms with Gasteiger partial charge in [-0.2, -0.15) is 0 Å². The summed E-state index contributed by atoms with van der Waals surface area (Å²) in [7, 11) is 0. The highest BCUT2D eigenvalue weighted by molar-refractivity contribution is 4.54. The first-order chi connectivity index (χ1) is 5.16. The Balaban J connectivity index is -0.000000249. The molecule has 1 atom stereocenters. The zero-order valence-electron chi connectivity index (χ0n) is 9.28. The van der Waals surface area contributed by atoms with E-state index in [4.69, 9.17) is 0 Å². The molecule has 0 heteroatoms. The van der Waals surface area contributed by atoms with Gasteiger partial charge in [0.25, 0.3) is 0 Å². The van der Waals surface area contributed by atoms with Gasteiger partial charge in [-0.05, 0) is 18.3 Å². The van der Waals surface area contributed by atoms with E-state index in [0.717, 1.165) is 11.8 Å². The Kier molecular flexibility index (Phi) is 12.3. The van der Waals surface area contributed by atoms with E-state index in [1.165, 1.54) is 19.3 Å². The van der Waals surface area contributed by atoms with Gasteiger partial charge >= 0.3 is 0 Å². The molecule has 0 amide bonds. The minimum Gasteiger partial charge on any atom is -0.0683 e. The van der Waals surface area contributed by atoms with Crippen LogP contribution in [0.2, 0.25) is 0 Å². The third kappa shape index (κ3) is 13.1. The molecule has 0 saturated heterocycles. The van der Waals surface area contributed by atoms with Crippen LogP contribution < -0.4 is 0 Å². The summed E-state index contributed by atoms with van der Waals surface area (Å²) in [5.74, 6) is 1.82. The van der Waals surface area contributed by atoms with Crippen molar-refractivity contribution in [1.29, 1.82) is 0 Å². The van der Waals surface area contributed by atoms with Gasteiger partial charge in [0.2, 0.25) is 0 Å². The molecule has 0 bridgehead atoms. The normalized spacial score (nSPS) is 12.3. The molecule has 0 aromatic carbocycles. The monoisotopic (exact) mass is 160 g/mol. The Hall–Kier alpha value is 0. The molecule has 0 saturated carbocycles. The fraction of sp³-hybridized carbons (Fsp3) is 1.00. The molecule has 0 fully saturated rings. The van der Waals surface area contributed by atoms with Gasteiger partial charge in [-0.25, -0.2) is 0 Å². The van der Waals surface area contributed by atoms with Crippen LogP contribution in [0.5, 0.6) is 0 Å². The molecule has 72 valence electrons. The molecule has 0 aliphatic rings. The molecule has 1 unspecified atom stereocenters. The summed E-state index contributed by atoms with van der Waals surface area (Å²) in [6, 6.07) is 0. The Morgan fingerprint density at radius 2 is 1.55 bits per heavy atom. The zero-order chi connectivity index (χ0) is 9.28. The molecule has 0 N–H and O–H groups in total. The third-order valence-electron chi connectivity index (χ3n) is 1.66. The lowest BCUT2D eigenvalue weighted by Crippen LogP contribution is -1.98. The SMILES string of the molecule is CC.CCCC(C)CC(C)C.[HH]. The highest BCUT2D eigenvalue weighted by Crippen LogP contribution is 2.15. The van der Waals surface area contributed by atoms with Gasteiger partial charge in [0.1, 0.15) is 0 Å². The number of rotatable bonds is 4. The van der Waals surface area contributed by atoms with E-state index >= 15 is 0 Å². The average molecular weight is 160 g/mol. The molecular weight excluding hydrogens is 132 g/mol. The second-order valence-corrected chi connectivity index (χ2v) is 3.52. The highest BCUT2D eigenvalue weighted by atomic mass is 14.1. The van der Waals surface area contributed by atoms with E-state index in [9.17, 15) is 0 Å². The van der Waals surface area contributed by atoms with Crippen molar-refractivity contribution in [3.05, 3.63) is 0 Å². The largest absolute Gasteiger partial charge is 0.0683 e. The molecule has 0 aromatic rings. The first kappa shape index (κ1) is 13.6. The summed E-state index contributed by atoms with van der Waals surface area (Å²) in [6.07, 6.45) is 4.14. The van der Waals surface area contributed by atoms with Crippen LogP contribution in [0, 0.1) is 11.8 Å². The summed E-state index contributed by atoms with van der Waals surface area (Å²) in [6.45, 7) is 13.2. The fourth-order valence-corrected chi connectivity index (χ4v) is 1.42. The Morgan fingerprint density at radius 3 is 1.82 bits per heavy atom. The second kappa shape index (κ2) is 10.0. The molecule has 0 aromatic heterocycles. The zero-order valence-corrected chi connectivity index (χ0v) is 9.28. The lowest BCUT2D eigenvalue weighted by atomic mass is 9.95. The molecule has 0 radical (unpaired) electrons. The average Bonchev–Trinajstić information content (AvgIpc) is 1.91. The van der Waals surface area contributed by atoms with Crippen molar-refractivity contribution in [2.45, 2.75) is 60.8 Å². The van der Waals surface area contributed by atoms with E-state index < -0.39 is 0 Å². The maximum atomic E-state index is 2.35. The fourth-order valence-electron chi connectivity index (χ4n) is 1.42. The van der Waals surface area contributed by atoms with E-state index in [1.54, 1.807) is 0 Å². The summed E-state index contributed by atoms with van der Waals surface area (Å²) >= 11 is 0. The minimum absolute atomic E-state index is 0. The topological polar surface area (TPSA) is 0 Å². The molecule has 0 heterocycles. The molecule has 0 spiro atoms. The van der Waals surface area contributed by atoms with Crippen LogP contribution in [0.4, 0.5) is 0 Å². The number of hydrogen-bond acceptors (Lipinski definition) is 0. The third-order valence-corrected chi connectivity index (χ3v) is 1.66. The van der Waals surface area contributed by atoms with Gasteiger partial charge in [-0.3, -0.25) is 0 Å². The highest BCUT2D eigenvalue weighted by Gasteiger charge is 2.02. The molecular formula is C11H28. The summed E-state index contributed by atoms with van der Waals surface area (Å²) in [4.78, 5) is 0. The Morgan fingerprint density at radius 1 is 1.09 bits per heavy atom. The summed E-state index contributed by atoms with van der Waals surface area (Å²) in [5, 5.41) is 0. The van der Waals surface area contributed by atoms with Gasteiger partial charge in [-0.1, -0.05) is 54.4 Å². The van der Waals surface area contributed by atoms with Gasteiger partial charge in [-0.15, -0.1) is 0 Å². The van der Waals surface area contributed by atoms with Gasteiger partial charge < -0.3 is 0 Å². The summed E-state index contributed by atoms with van der Waals surface area (Å²) in [5.41, 5.74) is 0. The van der Waals surface area contributed by atoms with Crippen LogP contribution >= 0.6 is 0 Å². The van der Waals surface area contributed by atoms with Crippen LogP contribution in [-0.4, -0.2) is 0 Å². The maximum absolute atomic E-state index is 2.35. The molecule has 0 nitrogen and oxygen atoms in total. The van der Waals surface area contributed by atoms with Crippen molar-refractivity contribution in [1.82, 2.24) is 0 Å². The summed E-state index contributed by atoms with van der Waals surface area (Å²) < 4.78 is 0. The Labute approximate surface area is 74.9 Å². The van der Waals surface area contributed by atoms with Crippen LogP contribution in [0.1, 0.15) is 62.2 Å². The van der Waals surface area contributed by atoms with E-state index in [2.05, 4.69) is 27.7 Å². The quantitative estimate of drug-likeness (QED) is 0.557. The van der Waals surface area contributed by atoms with Crippen molar-refractivity contribution in [2.24, 2.45) is 11.8 Å². The number of hydrogen-bond donors (Lipinski definition) is 0. The van der Waals surface area contributed by atoms with Gasteiger partial charge in [0.05, 0.1) is 0 Å². The van der Waals surface area contributed by atoms with E-state index in [1.807, 2.05) is 13.8 Å². The maximum Gasteiger partial charge on any atom is 0 e. The standard InChI is InChI=1S/C9H20.C2H6.H2/c1-5-6-9(4)7-8(2)3;1-2;/h8-9H,5-7H2,1-4H3;1-2H3;1H. The van der Waals surface area contributed by atoms with E-state index in [0.29, 0.717) is 0 Å². The molecule has 0 aliphatic heterocycles. The van der Waals surface area contributed by atoms with Crippen molar-refractivity contribution in [2.75, 3.05) is 0 Å². The van der Waals surface area contributed by atoms with Crippen molar-refractivity contribution < 1.29 is 1.43 Å². The lowest BCUT2D eigenvalue weighted by molar-refractivity contribution is 0.412. The van der Waals surface area contributed by atoms with Crippen LogP contribution in [0.3, 0.4) is 0 Å². The predicted molar refractivity (Wildman–Crippen MR) is 57.0 cm³/mol. The van der Waals surface area contributed by atoms with Crippen LogP contribution in [0.25, 0.3) is 0 Å². The van der Waals surface area contributed by atoms with Crippen molar-refractivity contribution >= 4 is 0 Å². The van der Waals surface area contributed by atoms with Crippen molar-refractivity contribution in [3.8, 4) is 0 Å².